The van der Waals surface area contributed by atoms with E-state index in [1.165, 1.54) is 4.90 Å². The molecule has 1 amide bonds. The minimum Gasteiger partial charge on any atom is -0.487 e. The van der Waals surface area contributed by atoms with Gasteiger partial charge < -0.3 is 25.4 Å². The van der Waals surface area contributed by atoms with Crippen molar-refractivity contribution in [3.8, 4) is 5.75 Å². The van der Waals surface area contributed by atoms with E-state index in [9.17, 15) is 18.3 Å². The number of piperazine rings is 1. The minimum atomic E-state index is -3.88. The van der Waals surface area contributed by atoms with E-state index in [0.717, 1.165) is 4.31 Å². The molecule has 0 aromatic heterocycles. The Morgan fingerprint density at radius 1 is 1.25 bits per heavy atom. The first-order valence-electron chi connectivity index (χ1n) is 10.3. The highest BCUT2D eigenvalue weighted by Crippen LogP contribution is 2.32. The van der Waals surface area contributed by atoms with Crippen LogP contribution < -0.4 is 10.5 Å². The number of carbonyl (C=O) groups excluding carboxylic acids is 1. The van der Waals surface area contributed by atoms with E-state index in [1.807, 2.05) is 0 Å². The number of nitrogens with one attached hydrogen (secondary N) is 1. The molecule has 32 heavy (non-hydrogen) atoms. The maximum atomic E-state index is 13.1. The summed E-state index contributed by atoms with van der Waals surface area (Å²) in [7, 11) is -3.88. The summed E-state index contributed by atoms with van der Waals surface area (Å²) < 4.78 is 33.0. The Morgan fingerprint density at radius 2 is 1.97 bits per heavy atom. The molecule has 12 heteroatoms. The lowest BCUT2D eigenvalue weighted by Gasteiger charge is -2.43. The highest BCUT2D eigenvalue weighted by atomic mass is 35.5. The van der Waals surface area contributed by atoms with Crippen LogP contribution in [0.3, 0.4) is 0 Å². The maximum Gasteiger partial charge on any atom is 0.243 e. The fourth-order valence-electron chi connectivity index (χ4n) is 4.17. The Morgan fingerprint density at radius 3 is 2.62 bits per heavy atom. The van der Waals surface area contributed by atoms with Crippen LogP contribution in [0.4, 0.5) is 0 Å². The number of benzene rings is 1. The van der Waals surface area contributed by atoms with E-state index in [1.54, 1.807) is 29.2 Å². The molecule has 3 aliphatic heterocycles. The summed E-state index contributed by atoms with van der Waals surface area (Å²) in [4.78, 5) is 16.0. The van der Waals surface area contributed by atoms with Gasteiger partial charge in [0.2, 0.25) is 15.9 Å². The van der Waals surface area contributed by atoms with Crippen LogP contribution in [-0.2, 0) is 14.8 Å². The van der Waals surface area contributed by atoms with Gasteiger partial charge >= 0.3 is 0 Å². The van der Waals surface area contributed by atoms with Gasteiger partial charge in [-0.15, -0.1) is 0 Å². The van der Waals surface area contributed by atoms with Gasteiger partial charge in [-0.2, -0.15) is 4.31 Å². The molecule has 1 aromatic rings. The third-order valence-corrected chi connectivity index (χ3v) is 8.26. The topological polar surface area (TPSA) is 140 Å². The van der Waals surface area contributed by atoms with E-state index in [4.69, 9.17) is 27.5 Å². The minimum absolute atomic E-state index is 0.0336. The second-order valence-corrected chi connectivity index (χ2v) is 10.8. The summed E-state index contributed by atoms with van der Waals surface area (Å²) in [5.74, 6) is 0.127. The fourth-order valence-corrected chi connectivity index (χ4v) is 5.75. The Balaban J connectivity index is 1.40. The van der Waals surface area contributed by atoms with Crippen molar-refractivity contribution in [2.24, 2.45) is 5.73 Å². The van der Waals surface area contributed by atoms with Gasteiger partial charge in [-0.3, -0.25) is 10.2 Å². The van der Waals surface area contributed by atoms with Crippen LogP contribution in [0.25, 0.3) is 6.08 Å². The Labute approximate surface area is 191 Å². The SMILES string of the molecule is N=C(N)N1CCC(O)(CN2CCN(S(=O)(=O)C3=Cc4ccc(Cl)cc4OC3)CC2=O)CC1. The number of β-amino-alcohol motifs (C(OH)–C–C–N with tert-alkyl or cyclic N) is 1. The summed E-state index contributed by atoms with van der Waals surface area (Å²) in [5, 5.41) is 18.9. The van der Waals surface area contributed by atoms with Crippen molar-refractivity contribution in [2.75, 3.05) is 45.9 Å². The van der Waals surface area contributed by atoms with Gasteiger partial charge in [-0.05, 0) is 37.1 Å². The van der Waals surface area contributed by atoms with Crippen LogP contribution in [0, 0.1) is 5.41 Å². The summed E-state index contributed by atoms with van der Waals surface area (Å²) in [6, 6.07) is 4.97. The van der Waals surface area contributed by atoms with Crippen molar-refractivity contribution in [3.05, 3.63) is 33.7 Å². The molecule has 0 aliphatic carbocycles. The zero-order chi connectivity index (χ0) is 23.1. The molecule has 4 N–H and O–H groups in total. The number of piperidine rings is 1. The van der Waals surface area contributed by atoms with Gasteiger partial charge in [-0.25, -0.2) is 8.42 Å². The number of aliphatic hydroxyl groups is 1. The van der Waals surface area contributed by atoms with Crippen molar-refractivity contribution >= 4 is 39.6 Å². The Bertz CT molecular complexity index is 1070. The molecule has 10 nitrogen and oxygen atoms in total. The molecule has 0 atom stereocenters. The third kappa shape index (κ3) is 4.56. The molecule has 0 bridgehead atoms. The molecule has 2 saturated heterocycles. The van der Waals surface area contributed by atoms with E-state index >= 15 is 0 Å². The number of carbonyl (C=O) groups is 1. The number of likely N-dealkylation sites (tertiary alicyclic amines) is 1. The van der Waals surface area contributed by atoms with Gasteiger partial charge in [-0.1, -0.05) is 11.6 Å². The molecule has 4 rings (SSSR count). The number of nitrogens with zero attached hydrogens (tertiary/aromatic N) is 3. The summed E-state index contributed by atoms with van der Waals surface area (Å²) in [6.45, 7) is 0.917. The zero-order valence-corrected chi connectivity index (χ0v) is 19.0. The van der Waals surface area contributed by atoms with Crippen molar-refractivity contribution in [3.63, 3.8) is 0 Å². The number of amides is 1. The van der Waals surface area contributed by atoms with Crippen molar-refractivity contribution in [1.29, 1.82) is 5.41 Å². The standard InChI is InChI=1S/C20H26ClN5O5S/c21-15-2-1-14-9-16(12-31-17(14)10-15)32(29,30)26-8-7-25(18(27)11-26)13-20(28)3-5-24(6-4-20)19(22)23/h1-2,9-10,28H,3-8,11-13H2,(H3,22,23). The molecule has 3 aliphatic rings. The molecule has 0 unspecified atom stereocenters. The van der Waals surface area contributed by atoms with Crippen LogP contribution in [0.1, 0.15) is 18.4 Å². The Kier molecular flexibility index (Phi) is 6.10. The lowest BCUT2D eigenvalue weighted by Crippen LogP contribution is -2.58. The predicted octanol–water partition coefficient (Wildman–Crippen LogP) is 0.268. The zero-order valence-electron chi connectivity index (χ0n) is 17.5. The molecule has 0 radical (unpaired) electrons. The average molecular weight is 484 g/mol. The smallest absolute Gasteiger partial charge is 0.243 e. The van der Waals surface area contributed by atoms with Gasteiger partial charge in [0.1, 0.15) is 12.4 Å². The molecular weight excluding hydrogens is 458 g/mol. The molecule has 0 spiro atoms. The highest BCUT2D eigenvalue weighted by molar-refractivity contribution is 7.93. The van der Waals surface area contributed by atoms with Crippen molar-refractivity contribution in [2.45, 2.75) is 18.4 Å². The van der Waals surface area contributed by atoms with Crippen LogP contribution in [0.5, 0.6) is 5.75 Å². The molecule has 2 fully saturated rings. The first kappa shape index (κ1) is 22.8. The number of guanidine groups is 1. The second-order valence-electron chi connectivity index (χ2n) is 8.33. The van der Waals surface area contributed by atoms with E-state index in [2.05, 4.69) is 0 Å². The van der Waals surface area contributed by atoms with Crippen LogP contribution in [0.2, 0.25) is 5.02 Å². The van der Waals surface area contributed by atoms with E-state index < -0.39 is 15.6 Å². The summed E-state index contributed by atoms with van der Waals surface area (Å²) in [5.41, 5.74) is 5.03. The quantitative estimate of drug-likeness (QED) is 0.412. The lowest BCUT2D eigenvalue weighted by atomic mass is 9.90. The highest BCUT2D eigenvalue weighted by Gasteiger charge is 2.40. The molecule has 0 saturated carbocycles. The normalized spacial score (nSPS) is 21.6. The lowest BCUT2D eigenvalue weighted by molar-refractivity contribution is -0.139. The second kappa shape index (κ2) is 8.54. The van der Waals surface area contributed by atoms with Crippen molar-refractivity contribution in [1.82, 2.24) is 14.1 Å². The number of hydrogen-bond donors (Lipinski definition) is 3. The molecule has 174 valence electrons. The molecular formula is C20H26ClN5O5S. The van der Waals surface area contributed by atoms with Gasteiger partial charge in [0.25, 0.3) is 0 Å². The summed E-state index contributed by atoms with van der Waals surface area (Å²) >= 11 is 5.95. The van der Waals surface area contributed by atoms with Gasteiger partial charge in [0.05, 0.1) is 17.1 Å². The first-order valence-corrected chi connectivity index (χ1v) is 12.1. The number of rotatable bonds is 4. The number of nitrogens with two attached hydrogens (primary N) is 1. The fraction of sp³-hybridized carbons (Fsp3) is 0.500. The van der Waals surface area contributed by atoms with E-state index in [-0.39, 0.29) is 49.6 Å². The van der Waals surface area contributed by atoms with Crippen molar-refractivity contribution < 1.29 is 23.1 Å². The van der Waals surface area contributed by atoms with E-state index in [0.29, 0.717) is 42.3 Å². The van der Waals surface area contributed by atoms with Gasteiger partial charge in [0.15, 0.2) is 5.96 Å². The first-order chi connectivity index (χ1) is 15.1. The number of halogens is 1. The number of sulfonamides is 1. The number of hydrogen-bond acceptors (Lipinski definition) is 6. The maximum absolute atomic E-state index is 13.1. The largest absolute Gasteiger partial charge is 0.487 e. The van der Waals surface area contributed by atoms with Crippen LogP contribution >= 0.6 is 11.6 Å². The van der Waals surface area contributed by atoms with Gasteiger partial charge in [0, 0.05) is 43.3 Å². The monoisotopic (exact) mass is 483 g/mol. The average Bonchev–Trinajstić information content (AvgIpc) is 2.74. The molecule has 3 heterocycles. The molecule has 1 aromatic carbocycles. The Hall–Kier alpha value is -2.34. The number of ether oxygens (including phenoxy) is 1. The number of fused-ring (bicyclic) bond motifs is 1. The predicted molar refractivity (Wildman–Crippen MR) is 120 cm³/mol. The summed E-state index contributed by atoms with van der Waals surface area (Å²) in [6.07, 6.45) is 2.31. The third-order valence-electron chi connectivity index (χ3n) is 6.14. The van der Waals surface area contributed by atoms with Crippen LogP contribution in [-0.4, -0.2) is 91.0 Å². The van der Waals surface area contributed by atoms with Crippen LogP contribution in [0.15, 0.2) is 23.1 Å².